The van der Waals surface area contributed by atoms with Crippen LogP contribution in [0.2, 0.25) is 0 Å². The molecule has 1 aliphatic rings. The lowest BCUT2D eigenvalue weighted by Gasteiger charge is -2.23. The molecule has 4 heteroatoms. The second-order valence-electron chi connectivity index (χ2n) is 5.76. The molecule has 110 valence electrons. The molecule has 1 unspecified atom stereocenters. The fourth-order valence-electron chi connectivity index (χ4n) is 2.50. The summed E-state index contributed by atoms with van der Waals surface area (Å²) in [5.74, 6) is -0.127. The zero-order chi connectivity index (χ0) is 14.6. The summed E-state index contributed by atoms with van der Waals surface area (Å²) in [6, 6.07) is 5.88. The van der Waals surface area contributed by atoms with Crippen LogP contribution in [0.3, 0.4) is 0 Å². The van der Waals surface area contributed by atoms with Gasteiger partial charge < -0.3 is 15.2 Å². The molecule has 0 fully saturated rings. The maximum Gasteiger partial charge on any atom is 0.251 e. The molecule has 2 rings (SSSR count). The molecule has 2 N–H and O–H groups in total. The minimum Gasteiger partial charge on any atom is -0.388 e. The molecular formula is C16H23NO3. The van der Waals surface area contributed by atoms with Crippen LogP contribution in [0.5, 0.6) is 0 Å². The minimum atomic E-state index is -0.942. The van der Waals surface area contributed by atoms with Crippen LogP contribution in [0.4, 0.5) is 0 Å². The largest absolute Gasteiger partial charge is 0.388 e. The van der Waals surface area contributed by atoms with E-state index in [9.17, 15) is 9.90 Å². The quantitative estimate of drug-likeness (QED) is 0.832. The van der Waals surface area contributed by atoms with Crippen LogP contribution in [0, 0.1) is 0 Å². The first kappa shape index (κ1) is 15.0. The number of nitrogens with one attached hydrogen (secondary N) is 1. The van der Waals surface area contributed by atoms with Crippen molar-refractivity contribution in [3.05, 3.63) is 34.9 Å². The number of carbonyl (C=O) groups excluding carboxylic acids is 1. The molecule has 0 aliphatic heterocycles. The van der Waals surface area contributed by atoms with Crippen molar-refractivity contribution in [2.24, 2.45) is 0 Å². The van der Waals surface area contributed by atoms with Crippen molar-refractivity contribution in [3.8, 4) is 0 Å². The number of methoxy groups -OCH3 is 1. The zero-order valence-corrected chi connectivity index (χ0v) is 12.2. The fraction of sp³-hybridized carbons (Fsp3) is 0.562. The summed E-state index contributed by atoms with van der Waals surface area (Å²) in [4.78, 5) is 12.1. The molecule has 1 aliphatic carbocycles. The third kappa shape index (κ3) is 3.81. The summed E-state index contributed by atoms with van der Waals surface area (Å²) in [6.45, 7) is 2.41. The van der Waals surface area contributed by atoms with E-state index in [4.69, 9.17) is 4.74 Å². The molecular weight excluding hydrogens is 254 g/mol. The number of rotatable bonds is 6. The Balaban J connectivity index is 1.92. The standard InChI is InChI=1S/C16H23NO3/c1-16(19,8-9-20-2)11-17-15(18)14-7-6-12-4-3-5-13(12)10-14/h6-7,10,19H,3-5,8-9,11H2,1-2H3,(H,17,18). The third-order valence-corrected chi connectivity index (χ3v) is 3.84. The van der Waals surface area contributed by atoms with Crippen molar-refractivity contribution >= 4 is 5.91 Å². The van der Waals surface area contributed by atoms with E-state index in [1.54, 1.807) is 14.0 Å². The van der Waals surface area contributed by atoms with Crippen LogP contribution in [-0.2, 0) is 17.6 Å². The number of amides is 1. The highest BCUT2D eigenvalue weighted by molar-refractivity contribution is 5.94. The lowest BCUT2D eigenvalue weighted by molar-refractivity contribution is 0.0243. The van der Waals surface area contributed by atoms with Crippen molar-refractivity contribution < 1.29 is 14.6 Å². The summed E-state index contributed by atoms with van der Waals surface area (Å²) < 4.78 is 4.95. The van der Waals surface area contributed by atoms with Crippen molar-refractivity contribution in [1.29, 1.82) is 0 Å². The Kier molecular flexibility index (Phi) is 4.78. The molecule has 20 heavy (non-hydrogen) atoms. The molecule has 0 aromatic heterocycles. The molecule has 1 aromatic rings. The van der Waals surface area contributed by atoms with E-state index in [1.807, 2.05) is 18.2 Å². The maximum absolute atomic E-state index is 12.1. The van der Waals surface area contributed by atoms with Gasteiger partial charge in [-0.25, -0.2) is 0 Å². The molecule has 0 bridgehead atoms. The monoisotopic (exact) mass is 277 g/mol. The van der Waals surface area contributed by atoms with Gasteiger partial charge in [-0.05, 0) is 49.4 Å². The van der Waals surface area contributed by atoms with E-state index in [0.29, 0.717) is 18.6 Å². The molecule has 4 nitrogen and oxygen atoms in total. The Bertz CT molecular complexity index is 483. The number of ether oxygens (including phenoxy) is 1. The molecule has 1 amide bonds. The number of benzene rings is 1. The molecule has 0 spiro atoms. The second-order valence-corrected chi connectivity index (χ2v) is 5.76. The fourth-order valence-corrected chi connectivity index (χ4v) is 2.50. The van der Waals surface area contributed by atoms with Gasteiger partial charge in [-0.3, -0.25) is 4.79 Å². The molecule has 1 aromatic carbocycles. The number of fused-ring (bicyclic) bond motifs is 1. The number of aryl methyl sites for hydroxylation is 2. The molecule has 0 heterocycles. The smallest absolute Gasteiger partial charge is 0.251 e. The Morgan fingerprint density at radius 2 is 2.15 bits per heavy atom. The van der Waals surface area contributed by atoms with Crippen molar-refractivity contribution in [3.63, 3.8) is 0 Å². The molecule has 1 atom stereocenters. The van der Waals surface area contributed by atoms with E-state index < -0.39 is 5.60 Å². The van der Waals surface area contributed by atoms with Gasteiger partial charge in [0.1, 0.15) is 0 Å². The Morgan fingerprint density at radius 1 is 1.40 bits per heavy atom. The molecule has 0 saturated carbocycles. The highest BCUT2D eigenvalue weighted by Crippen LogP contribution is 2.22. The summed E-state index contributed by atoms with van der Waals surface area (Å²) in [5.41, 5.74) is 2.37. The van der Waals surface area contributed by atoms with Crippen molar-refractivity contribution in [2.75, 3.05) is 20.3 Å². The predicted molar refractivity (Wildman–Crippen MR) is 77.9 cm³/mol. The zero-order valence-electron chi connectivity index (χ0n) is 12.2. The summed E-state index contributed by atoms with van der Waals surface area (Å²) >= 11 is 0. The predicted octanol–water partition coefficient (Wildman–Crippen LogP) is 1.69. The van der Waals surface area contributed by atoms with Crippen molar-refractivity contribution in [2.45, 2.75) is 38.2 Å². The lowest BCUT2D eigenvalue weighted by atomic mass is 10.0. The van der Waals surface area contributed by atoms with Crippen LogP contribution in [0.25, 0.3) is 0 Å². The Hall–Kier alpha value is -1.39. The summed E-state index contributed by atoms with van der Waals surface area (Å²) in [5, 5.41) is 12.9. The highest BCUT2D eigenvalue weighted by Gasteiger charge is 2.21. The van der Waals surface area contributed by atoms with Gasteiger partial charge in [0.05, 0.1) is 5.60 Å². The van der Waals surface area contributed by atoms with Crippen LogP contribution in [0.15, 0.2) is 18.2 Å². The number of aliphatic hydroxyl groups is 1. The van der Waals surface area contributed by atoms with Gasteiger partial charge in [0.2, 0.25) is 0 Å². The van der Waals surface area contributed by atoms with Gasteiger partial charge in [-0.1, -0.05) is 6.07 Å². The number of hydrogen-bond acceptors (Lipinski definition) is 3. The van der Waals surface area contributed by atoms with Gasteiger partial charge in [-0.15, -0.1) is 0 Å². The average molecular weight is 277 g/mol. The van der Waals surface area contributed by atoms with Gasteiger partial charge in [-0.2, -0.15) is 0 Å². The first-order chi connectivity index (χ1) is 9.52. The topological polar surface area (TPSA) is 58.6 Å². The summed E-state index contributed by atoms with van der Waals surface area (Å²) in [7, 11) is 1.60. The van der Waals surface area contributed by atoms with Crippen LogP contribution in [-0.4, -0.2) is 36.9 Å². The second kappa shape index (κ2) is 6.37. The van der Waals surface area contributed by atoms with E-state index in [0.717, 1.165) is 12.8 Å². The van der Waals surface area contributed by atoms with Gasteiger partial charge in [0.15, 0.2) is 0 Å². The van der Waals surface area contributed by atoms with E-state index >= 15 is 0 Å². The number of hydrogen-bond donors (Lipinski definition) is 2. The van der Waals surface area contributed by atoms with Crippen LogP contribution >= 0.6 is 0 Å². The lowest BCUT2D eigenvalue weighted by Crippen LogP contribution is -2.41. The van der Waals surface area contributed by atoms with Gasteiger partial charge >= 0.3 is 0 Å². The van der Waals surface area contributed by atoms with Gasteiger partial charge in [0.25, 0.3) is 5.91 Å². The van der Waals surface area contributed by atoms with Crippen molar-refractivity contribution in [1.82, 2.24) is 5.32 Å². The summed E-state index contributed by atoms with van der Waals surface area (Å²) in [6.07, 6.45) is 3.84. The molecule has 0 saturated heterocycles. The van der Waals surface area contributed by atoms with E-state index in [-0.39, 0.29) is 12.5 Å². The average Bonchev–Trinajstić information content (AvgIpc) is 2.90. The van der Waals surface area contributed by atoms with Crippen LogP contribution in [0.1, 0.15) is 41.3 Å². The third-order valence-electron chi connectivity index (χ3n) is 3.84. The first-order valence-electron chi connectivity index (χ1n) is 7.13. The normalized spacial score (nSPS) is 16.6. The Labute approximate surface area is 120 Å². The molecule has 0 radical (unpaired) electrons. The van der Waals surface area contributed by atoms with E-state index in [1.165, 1.54) is 17.5 Å². The highest BCUT2D eigenvalue weighted by atomic mass is 16.5. The Morgan fingerprint density at radius 3 is 2.90 bits per heavy atom. The van der Waals surface area contributed by atoms with E-state index in [2.05, 4.69) is 5.32 Å². The minimum absolute atomic E-state index is 0.127. The van der Waals surface area contributed by atoms with Crippen LogP contribution < -0.4 is 5.32 Å². The van der Waals surface area contributed by atoms with Gasteiger partial charge in [0, 0.05) is 32.2 Å². The maximum atomic E-state index is 12.1. The number of carbonyl (C=O) groups is 1. The SMILES string of the molecule is COCCC(C)(O)CNC(=O)c1ccc2c(c1)CCC2. The first-order valence-corrected chi connectivity index (χ1v) is 7.13.